The van der Waals surface area contributed by atoms with E-state index in [0.29, 0.717) is 5.56 Å². The number of nitrogens with one attached hydrogen (secondary N) is 2. The average molecular weight is 380 g/mol. The van der Waals surface area contributed by atoms with Gasteiger partial charge in [0.1, 0.15) is 11.9 Å². The minimum absolute atomic E-state index is 0.674. The molecule has 1 aliphatic heterocycles. The molecule has 0 saturated carbocycles. The maximum atomic E-state index is 9.61. The van der Waals surface area contributed by atoms with Gasteiger partial charge in [0.15, 0.2) is 0 Å². The van der Waals surface area contributed by atoms with Gasteiger partial charge < -0.3 is 15.2 Å². The number of fused-ring (bicyclic) bond motifs is 1. The second kappa shape index (κ2) is 7.38. The minimum atomic E-state index is 0.674. The molecule has 4 aromatic rings. The van der Waals surface area contributed by atoms with E-state index in [4.69, 9.17) is 0 Å². The van der Waals surface area contributed by atoms with Crippen molar-refractivity contribution in [3.63, 3.8) is 0 Å². The Morgan fingerprint density at radius 3 is 2.69 bits per heavy atom. The fraction of sp³-hybridized carbons (Fsp3) is 0.174. The summed E-state index contributed by atoms with van der Waals surface area (Å²) in [5.41, 5.74) is 5.40. The van der Waals surface area contributed by atoms with Gasteiger partial charge in [-0.2, -0.15) is 5.26 Å². The number of rotatable bonds is 3. The summed E-state index contributed by atoms with van der Waals surface area (Å²) in [5.74, 6) is 0.898. The van der Waals surface area contributed by atoms with E-state index >= 15 is 0 Å². The smallest absolute Gasteiger partial charge is 0.124 e. The molecule has 1 aliphatic rings. The molecule has 1 saturated heterocycles. The van der Waals surface area contributed by atoms with E-state index < -0.39 is 0 Å². The number of benzene rings is 1. The molecule has 0 atom stereocenters. The number of anilines is 1. The Kier molecular flexibility index (Phi) is 4.43. The van der Waals surface area contributed by atoms with Crippen molar-refractivity contribution < 1.29 is 0 Å². The van der Waals surface area contributed by atoms with Gasteiger partial charge in [-0.3, -0.25) is 9.97 Å². The van der Waals surface area contributed by atoms with E-state index in [-0.39, 0.29) is 0 Å². The summed E-state index contributed by atoms with van der Waals surface area (Å²) in [6.45, 7) is 3.62. The van der Waals surface area contributed by atoms with Gasteiger partial charge >= 0.3 is 0 Å². The molecule has 0 aliphatic carbocycles. The zero-order valence-corrected chi connectivity index (χ0v) is 15.9. The Hall–Kier alpha value is -3.69. The van der Waals surface area contributed by atoms with Crippen LogP contribution in [0.2, 0.25) is 0 Å². The van der Waals surface area contributed by atoms with E-state index in [1.165, 1.54) is 0 Å². The highest BCUT2D eigenvalue weighted by Crippen LogP contribution is 2.30. The molecule has 1 aromatic carbocycles. The summed E-state index contributed by atoms with van der Waals surface area (Å²) in [5, 5.41) is 14.0. The van der Waals surface area contributed by atoms with Crippen LogP contribution in [0, 0.1) is 11.3 Å². The molecule has 142 valence electrons. The minimum Gasteiger partial charge on any atom is -0.355 e. The Bertz CT molecular complexity index is 1210. The number of H-pyrrole nitrogens is 1. The summed E-state index contributed by atoms with van der Waals surface area (Å²) in [7, 11) is 0. The predicted octanol–water partition coefficient (Wildman–Crippen LogP) is 3.57. The number of nitriles is 1. The number of aromatic nitrogens is 3. The predicted molar refractivity (Wildman–Crippen MR) is 115 cm³/mol. The van der Waals surface area contributed by atoms with Crippen molar-refractivity contribution >= 4 is 16.7 Å². The number of nitrogens with zero attached hydrogens (tertiary/aromatic N) is 4. The van der Waals surface area contributed by atoms with Gasteiger partial charge in [0, 0.05) is 60.8 Å². The van der Waals surface area contributed by atoms with Crippen molar-refractivity contribution in [3.05, 3.63) is 66.5 Å². The summed E-state index contributed by atoms with van der Waals surface area (Å²) in [4.78, 5) is 14.8. The van der Waals surface area contributed by atoms with Gasteiger partial charge in [0.05, 0.1) is 16.8 Å². The van der Waals surface area contributed by atoms with Crippen molar-refractivity contribution in [1.29, 1.82) is 5.26 Å². The third kappa shape index (κ3) is 3.33. The van der Waals surface area contributed by atoms with Crippen molar-refractivity contribution in [1.82, 2.24) is 20.3 Å². The second-order valence-corrected chi connectivity index (χ2v) is 7.14. The highest BCUT2D eigenvalue weighted by molar-refractivity contribution is 5.83. The molecular weight excluding hydrogens is 360 g/mol. The summed E-state index contributed by atoms with van der Waals surface area (Å²) in [6, 6.07) is 18.4. The average Bonchev–Trinajstić information content (AvgIpc) is 3.24. The largest absolute Gasteiger partial charge is 0.355 e. The van der Waals surface area contributed by atoms with Crippen molar-refractivity contribution in [3.8, 4) is 28.6 Å². The van der Waals surface area contributed by atoms with Crippen LogP contribution in [0.3, 0.4) is 0 Å². The summed E-state index contributed by atoms with van der Waals surface area (Å²) in [6.07, 6.45) is 3.66. The first-order valence-electron chi connectivity index (χ1n) is 9.72. The lowest BCUT2D eigenvalue weighted by atomic mass is 10.1. The van der Waals surface area contributed by atoms with Crippen LogP contribution in [-0.4, -0.2) is 41.1 Å². The Morgan fingerprint density at radius 2 is 1.83 bits per heavy atom. The molecule has 0 bridgehead atoms. The van der Waals surface area contributed by atoms with Gasteiger partial charge in [0.2, 0.25) is 0 Å². The molecule has 2 N–H and O–H groups in total. The molecule has 3 aromatic heterocycles. The quantitative estimate of drug-likeness (QED) is 0.568. The van der Waals surface area contributed by atoms with Gasteiger partial charge in [-0.15, -0.1) is 0 Å². The Labute approximate surface area is 168 Å². The first kappa shape index (κ1) is 17.4. The number of para-hydroxylation sites is 1. The normalized spacial score (nSPS) is 14.1. The zero-order valence-electron chi connectivity index (χ0n) is 15.9. The van der Waals surface area contributed by atoms with Crippen LogP contribution < -0.4 is 10.2 Å². The fourth-order valence-electron chi connectivity index (χ4n) is 3.79. The van der Waals surface area contributed by atoms with E-state index in [1.54, 1.807) is 6.20 Å². The van der Waals surface area contributed by atoms with Crippen LogP contribution in [0.1, 0.15) is 5.56 Å². The maximum absolute atomic E-state index is 9.61. The van der Waals surface area contributed by atoms with Gasteiger partial charge in [0.25, 0.3) is 0 Å². The van der Waals surface area contributed by atoms with Crippen LogP contribution in [0.5, 0.6) is 0 Å². The SMILES string of the molecule is N#Cc1cc(-c2ccnc(-c3cnc4ccccc4c3)c2)[nH]c1N1CCNCC1. The summed E-state index contributed by atoms with van der Waals surface area (Å²) < 4.78 is 0. The fourth-order valence-corrected chi connectivity index (χ4v) is 3.79. The van der Waals surface area contributed by atoms with Crippen LogP contribution in [0.4, 0.5) is 5.82 Å². The van der Waals surface area contributed by atoms with Crippen molar-refractivity contribution in [2.45, 2.75) is 0 Å². The molecule has 0 unspecified atom stereocenters. The monoisotopic (exact) mass is 380 g/mol. The molecule has 29 heavy (non-hydrogen) atoms. The van der Waals surface area contributed by atoms with Crippen LogP contribution in [0.15, 0.2) is 60.9 Å². The van der Waals surface area contributed by atoms with Gasteiger partial charge in [-0.05, 0) is 30.3 Å². The van der Waals surface area contributed by atoms with Crippen LogP contribution >= 0.6 is 0 Å². The number of pyridine rings is 2. The highest BCUT2D eigenvalue weighted by Gasteiger charge is 2.18. The van der Waals surface area contributed by atoms with Gasteiger partial charge in [-0.1, -0.05) is 18.2 Å². The lowest BCUT2D eigenvalue weighted by molar-refractivity contribution is 0.585. The number of aromatic amines is 1. The molecule has 4 heterocycles. The highest BCUT2D eigenvalue weighted by atomic mass is 15.2. The first-order valence-corrected chi connectivity index (χ1v) is 9.72. The van der Waals surface area contributed by atoms with Gasteiger partial charge in [-0.25, -0.2) is 0 Å². The first-order chi connectivity index (χ1) is 14.3. The Balaban J connectivity index is 1.52. The molecule has 0 amide bonds. The van der Waals surface area contributed by atoms with Crippen LogP contribution in [0.25, 0.3) is 33.4 Å². The molecule has 1 fully saturated rings. The lowest BCUT2D eigenvalue weighted by Crippen LogP contribution is -2.44. The van der Waals surface area contributed by atoms with E-state index in [2.05, 4.69) is 43.4 Å². The molecule has 6 heteroatoms. The molecule has 0 spiro atoms. The molecule has 5 rings (SSSR count). The van der Waals surface area contributed by atoms with E-state index in [9.17, 15) is 5.26 Å². The third-order valence-corrected chi connectivity index (χ3v) is 5.31. The number of piperazine rings is 1. The topological polar surface area (TPSA) is 80.6 Å². The van der Waals surface area contributed by atoms with Crippen molar-refractivity contribution in [2.24, 2.45) is 0 Å². The maximum Gasteiger partial charge on any atom is 0.124 e. The lowest BCUT2D eigenvalue weighted by Gasteiger charge is -2.28. The second-order valence-electron chi connectivity index (χ2n) is 7.14. The number of hydrogen-bond acceptors (Lipinski definition) is 5. The van der Waals surface area contributed by atoms with Crippen LogP contribution in [-0.2, 0) is 0 Å². The molecule has 0 radical (unpaired) electrons. The third-order valence-electron chi connectivity index (χ3n) is 5.31. The number of hydrogen-bond donors (Lipinski definition) is 2. The molecular formula is C23H20N6. The van der Waals surface area contributed by atoms with E-state index in [1.807, 2.05) is 42.6 Å². The summed E-state index contributed by atoms with van der Waals surface area (Å²) >= 11 is 0. The standard InChI is InChI=1S/C23H20N6/c24-14-18-13-22(28-23(18)29-9-7-25-8-10-29)17-5-6-26-21(12-17)19-11-16-3-1-2-4-20(16)27-15-19/h1-6,11-13,15,25,28H,7-10H2. The van der Waals surface area contributed by atoms with Crippen molar-refractivity contribution in [2.75, 3.05) is 31.1 Å². The zero-order chi connectivity index (χ0) is 19.6. The Morgan fingerprint density at radius 1 is 0.966 bits per heavy atom. The van der Waals surface area contributed by atoms with E-state index in [0.717, 1.165) is 65.4 Å². The molecule has 6 nitrogen and oxygen atoms in total.